The van der Waals surface area contributed by atoms with Gasteiger partial charge in [0.05, 0.1) is 10.7 Å². The second-order valence-corrected chi connectivity index (χ2v) is 7.17. The number of nitro benzene ring substituents is 1. The molecule has 0 spiro atoms. The highest BCUT2D eigenvalue weighted by molar-refractivity contribution is 7.99. The van der Waals surface area contributed by atoms with Gasteiger partial charge < -0.3 is 0 Å². The van der Waals surface area contributed by atoms with E-state index in [1.165, 1.54) is 36.0 Å². The first-order chi connectivity index (χ1) is 14.6. The molecular formula is C21H15N5O3S. The first kappa shape index (κ1) is 19.5. The van der Waals surface area contributed by atoms with Crippen LogP contribution in [0.4, 0.5) is 5.69 Å². The predicted molar refractivity (Wildman–Crippen MR) is 113 cm³/mol. The topological polar surface area (TPSA) is 104 Å². The summed E-state index contributed by atoms with van der Waals surface area (Å²) in [4.78, 5) is 26.9. The van der Waals surface area contributed by atoms with Crippen LogP contribution < -0.4 is 0 Å². The number of rotatable bonds is 7. The summed E-state index contributed by atoms with van der Waals surface area (Å²) >= 11 is 1.26. The van der Waals surface area contributed by atoms with Gasteiger partial charge in [-0.1, -0.05) is 30.0 Å². The predicted octanol–water partition coefficient (Wildman–Crippen LogP) is 4.21. The van der Waals surface area contributed by atoms with Crippen LogP contribution in [-0.2, 0) is 0 Å². The quantitative estimate of drug-likeness (QED) is 0.192. The number of hydrogen-bond acceptors (Lipinski definition) is 7. The third-order valence-corrected chi connectivity index (χ3v) is 5.25. The molecule has 0 aliphatic heterocycles. The summed E-state index contributed by atoms with van der Waals surface area (Å²) in [6, 6.07) is 18.9. The average Bonchev–Trinajstić information content (AvgIpc) is 3.22. The molecule has 0 bridgehead atoms. The van der Waals surface area contributed by atoms with E-state index in [0.717, 1.165) is 11.3 Å². The molecule has 0 amide bonds. The van der Waals surface area contributed by atoms with Crippen molar-refractivity contribution in [3.8, 4) is 17.1 Å². The minimum atomic E-state index is -0.494. The number of non-ortho nitro benzene ring substituents is 1. The van der Waals surface area contributed by atoms with Crippen LogP contribution >= 0.6 is 11.8 Å². The van der Waals surface area contributed by atoms with Crippen LogP contribution in [0.15, 0.2) is 84.3 Å². The number of aromatic nitrogens is 4. The van der Waals surface area contributed by atoms with E-state index in [2.05, 4.69) is 15.2 Å². The molecule has 0 unspecified atom stereocenters. The van der Waals surface area contributed by atoms with Crippen molar-refractivity contribution in [1.82, 2.24) is 19.7 Å². The molecule has 0 aliphatic carbocycles. The average molecular weight is 417 g/mol. The molecular weight excluding hydrogens is 402 g/mol. The zero-order chi connectivity index (χ0) is 20.9. The van der Waals surface area contributed by atoms with E-state index in [4.69, 9.17) is 0 Å². The Bertz CT molecular complexity index is 1180. The van der Waals surface area contributed by atoms with E-state index in [1.54, 1.807) is 12.4 Å². The van der Waals surface area contributed by atoms with Crippen molar-refractivity contribution in [2.75, 3.05) is 5.75 Å². The Morgan fingerprint density at radius 1 is 0.967 bits per heavy atom. The lowest BCUT2D eigenvalue weighted by Gasteiger charge is -2.10. The molecule has 0 saturated heterocycles. The Kier molecular flexibility index (Phi) is 5.62. The second kappa shape index (κ2) is 8.66. The Morgan fingerprint density at radius 3 is 2.33 bits per heavy atom. The SMILES string of the molecule is O=C(CSc1nnc(-c2ccncc2)n1-c1ccccc1)c1ccc([N+](=O)[O-])cc1. The molecule has 2 aromatic carbocycles. The molecule has 4 rings (SSSR count). The van der Waals surface area contributed by atoms with Crippen LogP contribution in [-0.4, -0.2) is 36.2 Å². The summed E-state index contributed by atoms with van der Waals surface area (Å²) in [5.74, 6) is 0.621. The minimum absolute atomic E-state index is 0.0509. The Hall–Kier alpha value is -3.85. The van der Waals surface area contributed by atoms with Gasteiger partial charge in [-0.15, -0.1) is 10.2 Å². The van der Waals surface area contributed by atoms with E-state index < -0.39 is 4.92 Å². The molecule has 0 fully saturated rings. The number of nitro groups is 1. The number of thioether (sulfide) groups is 1. The van der Waals surface area contributed by atoms with Crippen LogP contribution in [0, 0.1) is 10.1 Å². The maximum atomic E-state index is 12.6. The van der Waals surface area contributed by atoms with Gasteiger partial charge in [-0.3, -0.25) is 24.5 Å². The van der Waals surface area contributed by atoms with Gasteiger partial charge in [0, 0.05) is 41.3 Å². The number of carbonyl (C=O) groups is 1. The second-order valence-electron chi connectivity index (χ2n) is 6.23. The molecule has 0 atom stereocenters. The van der Waals surface area contributed by atoms with Crippen LogP contribution in [0.1, 0.15) is 10.4 Å². The standard InChI is InChI=1S/C21H15N5O3S/c27-19(15-6-8-18(9-7-15)26(28)29)14-30-21-24-23-20(16-10-12-22-13-11-16)25(21)17-4-2-1-3-5-17/h1-13H,14H2. The lowest BCUT2D eigenvalue weighted by atomic mass is 10.1. The number of nitrogens with zero attached hydrogens (tertiary/aromatic N) is 5. The summed E-state index contributed by atoms with van der Waals surface area (Å²) in [6.45, 7) is 0. The minimum Gasteiger partial charge on any atom is -0.293 e. The Morgan fingerprint density at radius 2 is 1.67 bits per heavy atom. The maximum absolute atomic E-state index is 12.6. The van der Waals surface area contributed by atoms with Crippen LogP contribution in [0.25, 0.3) is 17.1 Å². The van der Waals surface area contributed by atoms with E-state index >= 15 is 0 Å². The number of pyridine rings is 1. The molecule has 0 saturated carbocycles. The van der Waals surface area contributed by atoms with Crippen molar-refractivity contribution < 1.29 is 9.72 Å². The van der Waals surface area contributed by atoms with E-state index in [9.17, 15) is 14.9 Å². The third-order valence-electron chi connectivity index (χ3n) is 4.32. The first-order valence-corrected chi connectivity index (χ1v) is 9.94. The fourth-order valence-electron chi connectivity index (χ4n) is 2.84. The molecule has 9 heteroatoms. The molecule has 148 valence electrons. The number of carbonyl (C=O) groups excluding carboxylic acids is 1. The van der Waals surface area contributed by atoms with Crippen molar-refractivity contribution in [1.29, 1.82) is 0 Å². The summed E-state index contributed by atoms with van der Waals surface area (Å²) in [6.07, 6.45) is 3.37. The highest BCUT2D eigenvalue weighted by Gasteiger charge is 2.18. The number of Topliss-reactive ketones (excluding diaryl/α,β-unsaturated/α-hetero) is 1. The van der Waals surface area contributed by atoms with Gasteiger partial charge in [0.1, 0.15) is 0 Å². The van der Waals surface area contributed by atoms with Gasteiger partial charge in [0.2, 0.25) is 0 Å². The number of para-hydroxylation sites is 1. The van der Waals surface area contributed by atoms with Gasteiger partial charge in [0.25, 0.3) is 5.69 Å². The fraction of sp³-hybridized carbons (Fsp3) is 0.0476. The summed E-state index contributed by atoms with van der Waals surface area (Å²) < 4.78 is 1.89. The largest absolute Gasteiger partial charge is 0.293 e. The lowest BCUT2D eigenvalue weighted by molar-refractivity contribution is -0.384. The molecule has 0 N–H and O–H groups in total. The molecule has 4 aromatic rings. The van der Waals surface area contributed by atoms with Crippen molar-refractivity contribution in [2.45, 2.75) is 5.16 Å². The van der Waals surface area contributed by atoms with Crippen molar-refractivity contribution in [3.63, 3.8) is 0 Å². The van der Waals surface area contributed by atoms with E-state index in [-0.39, 0.29) is 17.2 Å². The molecule has 8 nitrogen and oxygen atoms in total. The van der Waals surface area contributed by atoms with Crippen LogP contribution in [0.3, 0.4) is 0 Å². The van der Waals surface area contributed by atoms with Gasteiger partial charge in [-0.25, -0.2) is 0 Å². The normalized spacial score (nSPS) is 10.7. The van der Waals surface area contributed by atoms with Crippen molar-refractivity contribution in [3.05, 3.63) is 94.8 Å². The van der Waals surface area contributed by atoms with Gasteiger partial charge in [0.15, 0.2) is 16.8 Å². The van der Waals surface area contributed by atoms with Crippen LogP contribution in [0.2, 0.25) is 0 Å². The smallest absolute Gasteiger partial charge is 0.269 e. The maximum Gasteiger partial charge on any atom is 0.269 e. The van der Waals surface area contributed by atoms with E-state index in [0.29, 0.717) is 16.5 Å². The molecule has 2 heterocycles. The summed E-state index contributed by atoms with van der Waals surface area (Å²) in [7, 11) is 0. The summed E-state index contributed by atoms with van der Waals surface area (Å²) in [5, 5.41) is 20.0. The molecule has 2 aromatic heterocycles. The highest BCUT2D eigenvalue weighted by Crippen LogP contribution is 2.28. The van der Waals surface area contributed by atoms with E-state index in [1.807, 2.05) is 47.0 Å². The zero-order valence-corrected chi connectivity index (χ0v) is 16.4. The third kappa shape index (κ3) is 4.11. The first-order valence-electron chi connectivity index (χ1n) is 8.95. The molecule has 30 heavy (non-hydrogen) atoms. The van der Waals surface area contributed by atoms with Crippen LogP contribution in [0.5, 0.6) is 0 Å². The monoisotopic (exact) mass is 417 g/mol. The zero-order valence-electron chi connectivity index (χ0n) is 15.6. The van der Waals surface area contributed by atoms with Crippen molar-refractivity contribution in [2.24, 2.45) is 0 Å². The van der Waals surface area contributed by atoms with Gasteiger partial charge >= 0.3 is 0 Å². The van der Waals surface area contributed by atoms with Crippen molar-refractivity contribution >= 4 is 23.2 Å². The highest BCUT2D eigenvalue weighted by atomic mass is 32.2. The number of ketones is 1. The Labute approximate surface area is 175 Å². The van der Waals surface area contributed by atoms with Gasteiger partial charge in [-0.2, -0.15) is 0 Å². The number of hydrogen-bond donors (Lipinski definition) is 0. The lowest BCUT2D eigenvalue weighted by Crippen LogP contribution is -2.05. The summed E-state index contributed by atoms with van der Waals surface area (Å²) in [5.41, 5.74) is 2.09. The van der Waals surface area contributed by atoms with Gasteiger partial charge in [-0.05, 0) is 36.4 Å². The fourth-order valence-corrected chi connectivity index (χ4v) is 3.69. The number of benzene rings is 2. The molecule has 0 radical (unpaired) electrons. The Balaban J connectivity index is 1.61. The molecule has 0 aliphatic rings.